The lowest BCUT2D eigenvalue weighted by atomic mass is 9.89. The SMILES string of the molecule is CC[C@H](C)[C@@H]([C@@H](CC(=O)N1CCC[C@H]1[C@H](OC)[C@@H](C)C(=O)N[C@@H](Cc1ccccc1)c1nccs1)OC)N(C)C(=O)[C@@H](NC(=O)[C@H](C(C)C)N(C)C(=O)OCc1ccc(NC(=O)[C@H](CCCNC(N)=O)NC(=O)[C@@H](NC(=O)CON)C(C)C)cc1)C(C)C. The van der Waals surface area contributed by atoms with E-state index in [1.165, 1.54) is 30.4 Å². The topological polar surface area (TPSA) is 337 Å². The van der Waals surface area contributed by atoms with Gasteiger partial charge in [0.15, 0.2) is 0 Å². The predicted molar refractivity (Wildman–Crippen MR) is 333 cm³/mol. The van der Waals surface area contributed by atoms with Crippen molar-refractivity contribution in [3.63, 3.8) is 0 Å². The van der Waals surface area contributed by atoms with E-state index in [9.17, 15) is 43.2 Å². The van der Waals surface area contributed by atoms with Crippen molar-refractivity contribution in [2.75, 3.05) is 53.3 Å². The fourth-order valence-corrected chi connectivity index (χ4v) is 11.8. The number of likely N-dealkylation sites (tertiary alicyclic amines) is 1. The van der Waals surface area contributed by atoms with E-state index < -0.39 is 114 Å². The molecule has 10 amide bonds. The van der Waals surface area contributed by atoms with Crippen LogP contribution in [0.2, 0.25) is 0 Å². The maximum Gasteiger partial charge on any atom is 0.410 e. The Hall–Kier alpha value is -7.26. The zero-order valence-corrected chi connectivity index (χ0v) is 54.2. The van der Waals surface area contributed by atoms with Crippen LogP contribution in [0.4, 0.5) is 15.3 Å². The van der Waals surface area contributed by atoms with Gasteiger partial charge in [-0.05, 0) is 79.0 Å². The molecule has 0 aliphatic carbocycles. The summed E-state index contributed by atoms with van der Waals surface area (Å²) in [5.41, 5.74) is 7.13. The molecule has 1 aromatic heterocycles. The van der Waals surface area contributed by atoms with Crippen molar-refractivity contribution >= 4 is 70.5 Å². The quantitative estimate of drug-likeness (QED) is 0.0290. The van der Waals surface area contributed by atoms with E-state index in [-0.39, 0.29) is 62.1 Å². The molecule has 25 nitrogen and oxygen atoms in total. The molecule has 2 heterocycles. The van der Waals surface area contributed by atoms with Crippen LogP contribution in [0.1, 0.15) is 123 Å². The first-order chi connectivity index (χ1) is 41.8. The van der Waals surface area contributed by atoms with Gasteiger partial charge in [-0.2, -0.15) is 0 Å². The first-order valence-electron chi connectivity index (χ1n) is 30.2. The number of hydrogen-bond acceptors (Lipinski definition) is 16. The van der Waals surface area contributed by atoms with E-state index in [1.54, 1.807) is 82.1 Å². The highest BCUT2D eigenvalue weighted by Gasteiger charge is 2.44. The number of ether oxygens (including phenoxy) is 3. The summed E-state index contributed by atoms with van der Waals surface area (Å²) in [5, 5.41) is 19.3. The van der Waals surface area contributed by atoms with Crippen LogP contribution in [-0.2, 0) is 65.6 Å². The summed E-state index contributed by atoms with van der Waals surface area (Å²) in [7, 11) is 6.16. The zero-order valence-electron chi connectivity index (χ0n) is 53.4. The Labute approximate surface area is 522 Å². The van der Waals surface area contributed by atoms with Crippen LogP contribution in [0, 0.1) is 29.6 Å². The Morgan fingerprint density at radius 3 is 2.01 bits per heavy atom. The summed E-state index contributed by atoms with van der Waals surface area (Å²) >= 11 is 1.47. The van der Waals surface area contributed by atoms with Crippen LogP contribution in [0.15, 0.2) is 66.2 Å². The second kappa shape index (κ2) is 36.3. The molecule has 0 radical (unpaired) electrons. The number of anilines is 1. The van der Waals surface area contributed by atoms with Crippen molar-refractivity contribution < 1.29 is 62.2 Å². The number of urea groups is 1. The van der Waals surface area contributed by atoms with Gasteiger partial charge in [-0.25, -0.2) is 20.5 Å². The molecular formula is C62H96N12O13S. The molecule has 1 aliphatic rings. The van der Waals surface area contributed by atoms with Crippen LogP contribution in [-0.4, -0.2) is 170 Å². The Morgan fingerprint density at radius 1 is 0.773 bits per heavy atom. The number of benzene rings is 2. The number of thiazole rings is 1. The molecule has 1 saturated heterocycles. The van der Waals surface area contributed by atoms with Crippen LogP contribution in [0.3, 0.4) is 0 Å². The van der Waals surface area contributed by atoms with Gasteiger partial charge < -0.3 is 61.6 Å². The number of primary amides is 1. The summed E-state index contributed by atoms with van der Waals surface area (Å²) in [4.78, 5) is 136. The maximum absolute atomic E-state index is 14.8. The summed E-state index contributed by atoms with van der Waals surface area (Å²) in [6.45, 7) is 16.3. The van der Waals surface area contributed by atoms with Gasteiger partial charge in [0.25, 0.3) is 0 Å². The molecular weight excluding hydrogens is 1150 g/mol. The minimum absolute atomic E-state index is 0.0697. The maximum atomic E-state index is 14.8. The van der Waals surface area contributed by atoms with E-state index in [4.69, 9.17) is 25.8 Å². The normalized spacial score (nSPS) is 16.6. The van der Waals surface area contributed by atoms with Crippen molar-refractivity contribution in [3.05, 3.63) is 82.3 Å². The predicted octanol–water partition coefficient (Wildman–Crippen LogP) is 4.80. The third-order valence-corrected chi connectivity index (χ3v) is 17.0. The number of methoxy groups -OCH3 is 2. The summed E-state index contributed by atoms with van der Waals surface area (Å²) in [6, 6.07) is 9.90. The lowest BCUT2D eigenvalue weighted by Crippen LogP contribution is -2.60. The number of hydrogen-bond donors (Lipinski definition) is 8. The van der Waals surface area contributed by atoms with Gasteiger partial charge in [0, 0.05) is 58.7 Å². The van der Waals surface area contributed by atoms with E-state index in [2.05, 4.69) is 41.7 Å². The minimum Gasteiger partial charge on any atom is -0.445 e. The molecule has 0 saturated carbocycles. The number of amides is 10. The Morgan fingerprint density at radius 2 is 1.44 bits per heavy atom. The highest BCUT2D eigenvalue weighted by molar-refractivity contribution is 7.09. The number of aromatic nitrogens is 1. The lowest BCUT2D eigenvalue weighted by molar-refractivity contribution is -0.148. The monoisotopic (exact) mass is 1250 g/mol. The molecule has 0 spiro atoms. The number of rotatable bonds is 35. The second-order valence-electron chi connectivity index (χ2n) is 23.6. The van der Waals surface area contributed by atoms with Gasteiger partial charge in [0.1, 0.15) is 42.4 Å². The molecule has 1 fully saturated rings. The highest BCUT2D eigenvalue weighted by Crippen LogP contribution is 2.31. The van der Waals surface area contributed by atoms with E-state index in [0.717, 1.165) is 10.6 Å². The molecule has 88 heavy (non-hydrogen) atoms. The molecule has 0 bridgehead atoms. The Kier molecular flexibility index (Phi) is 30.2. The van der Waals surface area contributed by atoms with Crippen LogP contribution < -0.4 is 43.5 Å². The van der Waals surface area contributed by atoms with Gasteiger partial charge in [-0.1, -0.05) is 111 Å². The number of carbonyl (C=O) groups is 9. The van der Waals surface area contributed by atoms with Gasteiger partial charge >= 0.3 is 12.1 Å². The number of nitrogens with zero attached hydrogens (tertiary/aromatic N) is 4. The zero-order chi connectivity index (χ0) is 65.4. The lowest BCUT2D eigenvalue weighted by Gasteiger charge is -2.41. The molecule has 11 atom stereocenters. The third kappa shape index (κ3) is 21.5. The number of nitrogens with two attached hydrogens (primary N) is 2. The van der Waals surface area contributed by atoms with Crippen molar-refractivity contribution in [3.8, 4) is 0 Å². The van der Waals surface area contributed by atoms with Crippen molar-refractivity contribution in [1.82, 2.24) is 46.3 Å². The summed E-state index contributed by atoms with van der Waals surface area (Å²) in [5.74, 6) is -0.250. The highest BCUT2D eigenvalue weighted by atomic mass is 32.1. The Balaban J connectivity index is 1.42. The molecule has 488 valence electrons. The van der Waals surface area contributed by atoms with Crippen molar-refractivity contribution in [1.29, 1.82) is 0 Å². The largest absolute Gasteiger partial charge is 0.445 e. The molecule has 26 heteroatoms. The van der Waals surface area contributed by atoms with Crippen LogP contribution in [0.25, 0.3) is 0 Å². The van der Waals surface area contributed by atoms with E-state index in [1.807, 2.05) is 70.3 Å². The fraction of sp³-hybridized carbons (Fsp3) is 0.613. The third-order valence-electron chi connectivity index (χ3n) is 16.1. The first-order valence-corrected chi connectivity index (χ1v) is 31.1. The summed E-state index contributed by atoms with van der Waals surface area (Å²) in [6.07, 6.45) is 2.32. The fourth-order valence-electron chi connectivity index (χ4n) is 11.1. The smallest absolute Gasteiger partial charge is 0.410 e. The van der Waals surface area contributed by atoms with E-state index >= 15 is 0 Å². The number of nitrogens with one attached hydrogen (secondary N) is 6. The first kappa shape index (κ1) is 73.2. The summed E-state index contributed by atoms with van der Waals surface area (Å²) < 4.78 is 17.9. The molecule has 0 unspecified atom stereocenters. The number of carbonyl (C=O) groups excluding carboxylic acids is 9. The Bertz CT molecular complexity index is 2720. The standard InChI is InChI=1S/C62H96N12O13S/c1-14-39(8)53(47(84-12)33-49(76)74-30-19-23-46(74)54(85-13)40(9)55(77)69-45(59-65-29-31-88-59)32-41-20-16-15-17-21-41)72(10)60(81)51(37(4)5)71-58(80)52(38(6)7)73(11)62(83)86-34-42-24-26-43(27-25-42)67-56(78)44(22-18-28-66-61(63)82)68-57(79)50(36(2)3)70-48(75)35-87-64/h15-17,20-21,24-27,29,31,36-40,44-47,50-54H,14,18-19,22-23,28,30,32-35,64H2,1-13H3,(H,67,78)(H,68,79)(H,69,77)(H,70,75)(H,71,80)(H3,63,66,82)/t39-,40+,44-,45-,46-,47+,50-,51-,52-,53-,54+/m0/s1. The van der Waals surface area contributed by atoms with Crippen LogP contribution in [0.5, 0.6) is 0 Å². The van der Waals surface area contributed by atoms with Gasteiger partial charge in [0.2, 0.25) is 41.4 Å². The van der Waals surface area contributed by atoms with Crippen LogP contribution >= 0.6 is 11.3 Å². The van der Waals surface area contributed by atoms with Crippen molar-refractivity contribution in [2.45, 2.75) is 168 Å². The van der Waals surface area contributed by atoms with Crippen molar-refractivity contribution in [2.24, 2.45) is 41.2 Å². The van der Waals surface area contributed by atoms with Gasteiger partial charge in [0.05, 0.1) is 42.7 Å². The average Bonchev–Trinajstić information content (AvgIpc) is 2.41. The molecule has 1 aliphatic heterocycles. The molecule has 10 N–H and O–H groups in total. The minimum atomic E-state index is -1.10. The molecule has 2 aromatic carbocycles. The van der Waals surface area contributed by atoms with Gasteiger partial charge in [-0.3, -0.25) is 43.3 Å². The van der Waals surface area contributed by atoms with Gasteiger partial charge in [-0.15, -0.1) is 11.3 Å². The molecule has 4 rings (SSSR count). The number of likely N-dealkylation sites (N-methyl/N-ethyl adjacent to an activating group) is 2. The van der Waals surface area contributed by atoms with E-state index in [0.29, 0.717) is 43.5 Å². The average molecular weight is 1250 g/mol. The second-order valence-corrected chi connectivity index (χ2v) is 24.5. The molecule has 3 aromatic rings.